The molecule has 0 aromatic rings. The second-order valence-corrected chi connectivity index (χ2v) is 36.0. The third-order valence-corrected chi connectivity index (χ3v) is 24.1. The quantitative estimate of drug-likeness (QED) is 0.0181. The summed E-state index contributed by atoms with van der Waals surface area (Å²) in [4.78, 5) is 98.2. The van der Waals surface area contributed by atoms with Gasteiger partial charge in [0, 0.05) is 0 Å². The van der Waals surface area contributed by atoms with Gasteiger partial charge in [0.15, 0.2) is 0 Å². The number of hydrogen-bond acceptors (Lipinski definition) is 16. The van der Waals surface area contributed by atoms with Gasteiger partial charge in [0.25, 0.3) is 0 Å². The van der Waals surface area contributed by atoms with Gasteiger partial charge in [-0.05, 0) is 0 Å². The van der Waals surface area contributed by atoms with E-state index >= 15 is 0 Å². The van der Waals surface area contributed by atoms with Crippen molar-refractivity contribution in [2.75, 3.05) is 19.8 Å². The van der Waals surface area contributed by atoms with Crippen molar-refractivity contribution in [2.45, 2.75) is 530 Å². The van der Waals surface area contributed by atoms with E-state index in [0.29, 0.717) is 38.5 Å². The Morgan fingerprint density at radius 2 is 0.319 bits per heavy atom. The van der Waals surface area contributed by atoms with E-state index in [1.165, 1.54) is 347 Å². The molecule has 0 heterocycles. The Morgan fingerprint density at radius 3 is 0.434 bits per heavy atom. The van der Waals surface area contributed by atoms with E-state index in [2.05, 4.69) is 41.5 Å². The maximum atomic E-state index is 12.2. The van der Waals surface area contributed by atoms with E-state index in [1.807, 2.05) is 0 Å². The van der Waals surface area contributed by atoms with Crippen LogP contribution in [0.5, 0.6) is 0 Å². The van der Waals surface area contributed by atoms with Gasteiger partial charge in [-0.25, -0.2) is 0 Å². The molecule has 0 saturated heterocycles. The third kappa shape index (κ3) is 111. The van der Waals surface area contributed by atoms with Crippen molar-refractivity contribution in [1.29, 1.82) is 0 Å². The fourth-order valence-corrected chi connectivity index (χ4v) is 15.0. The molecule has 0 saturated carbocycles. The first-order valence-electron chi connectivity index (χ1n) is 48.1. The topological polar surface area (TPSA) is 244 Å². The van der Waals surface area contributed by atoms with Crippen molar-refractivity contribution in [3.05, 3.63) is 0 Å². The molecule has 0 aromatic carbocycles. The van der Waals surface area contributed by atoms with Gasteiger partial charge in [0.1, 0.15) is 0 Å². The zero-order valence-corrected chi connectivity index (χ0v) is 82.5. The molecule has 0 unspecified atom stereocenters. The number of hydrogen-bond donors (Lipinski definition) is 0. The summed E-state index contributed by atoms with van der Waals surface area (Å²) in [6.07, 6.45) is 86.1. The second kappa shape index (κ2) is 102. The van der Waals surface area contributed by atoms with E-state index in [9.17, 15) is 28.8 Å². The predicted octanol–water partition coefficient (Wildman–Crippen LogP) is 25.5. The van der Waals surface area contributed by atoms with Crippen molar-refractivity contribution < 1.29 is 76.4 Å². The van der Waals surface area contributed by atoms with Crippen LogP contribution in [0.25, 0.3) is 0 Å². The molecule has 20 heteroatoms. The summed E-state index contributed by atoms with van der Waals surface area (Å²) >= 11 is 3.10. The average Bonchev–Trinajstić information content (AvgIpc) is 0.974. The van der Waals surface area contributed by atoms with E-state index in [4.69, 9.17) is 47.7 Å². The van der Waals surface area contributed by atoms with Crippen LogP contribution in [0.2, 0.25) is 7.55 Å². The molecular formula is C93H177Ca3O16P. The Labute approximate surface area is 768 Å². The van der Waals surface area contributed by atoms with Crippen molar-refractivity contribution in [1.82, 2.24) is 0 Å². The first kappa shape index (κ1) is 120. The summed E-state index contributed by atoms with van der Waals surface area (Å²) in [6, 6.07) is 0. The summed E-state index contributed by atoms with van der Waals surface area (Å²) < 4.78 is 43.9. The monoisotopic (exact) mass is 1700 g/mol. The molecule has 16 nitrogen and oxygen atoms in total. The van der Waals surface area contributed by atoms with Crippen LogP contribution in [-0.2, 0) is 61.8 Å². The first-order valence-corrected chi connectivity index (χ1v) is 54.2. The van der Waals surface area contributed by atoms with Gasteiger partial charge in [-0.2, -0.15) is 7.82 Å². The van der Waals surface area contributed by atoms with Gasteiger partial charge >= 0.3 is 535 Å². The number of phosphoric acid groups is 1. The second-order valence-electron chi connectivity index (χ2n) is 32.4. The Morgan fingerprint density at radius 1 is 0.212 bits per heavy atom. The van der Waals surface area contributed by atoms with Gasteiger partial charge in [-0.15, -0.1) is 0 Å². The van der Waals surface area contributed by atoms with Crippen molar-refractivity contribution in [2.24, 2.45) is 0 Å². The summed E-state index contributed by atoms with van der Waals surface area (Å²) in [5.41, 5.74) is 0. The van der Waals surface area contributed by atoms with Crippen molar-refractivity contribution >= 4 is 151 Å². The van der Waals surface area contributed by atoms with Gasteiger partial charge in [-0.1, -0.05) is 215 Å². The first-order chi connectivity index (χ1) is 54.9. The zero-order valence-electron chi connectivity index (χ0n) is 75.0. The zero-order chi connectivity index (χ0) is 84.1. The molecule has 0 rings (SSSR count). The number of ether oxygens (including phenoxy) is 6. The fraction of sp³-hybridized carbons (Fsp3) is 0.935. The molecule has 0 N–H and O–H groups in total. The van der Waals surface area contributed by atoms with E-state index < -0.39 is 7.82 Å². The molecule has 0 aliphatic heterocycles. The number of rotatable bonds is 84. The Hall–Kier alpha value is 0.709. The van der Waals surface area contributed by atoms with Crippen LogP contribution in [0.4, 0.5) is 0 Å². The summed E-state index contributed by atoms with van der Waals surface area (Å²) in [7, 11) is -5.39. The minimum absolute atomic E-state index is 0.134. The standard InChI is InChI=1S/3C31H59O4.3Ca.H3O4P/c3*1-4-6-8-10-12-14-16-18-20-22-24-26-30(32)34-28-29(3)35-31(33)27-25-23-21-19-17-15-13-11-9-7-5-2;;;;1-5(2,3)4/h3*29H,3-28H2,1-2H3;;;;(H3,1,2,3,4)/q;;;3*+1;/p-3/t3*29-;;;;/m000..../s1. The van der Waals surface area contributed by atoms with Crippen LogP contribution in [0.1, 0.15) is 504 Å². The maximum absolute atomic E-state index is 12.2. The van der Waals surface area contributed by atoms with Crippen molar-refractivity contribution in [3.8, 4) is 0 Å². The van der Waals surface area contributed by atoms with Crippen LogP contribution in [0.15, 0.2) is 0 Å². The molecule has 0 radical (unpaired) electrons. The molecule has 3 atom stereocenters. The molecule has 0 aromatic heterocycles. The molecule has 656 valence electrons. The van der Waals surface area contributed by atoms with E-state index in [0.717, 1.165) is 192 Å². The molecule has 0 aliphatic carbocycles. The normalized spacial score (nSPS) is 12.0. The number of carbonyl (C=O) groups excluding carboxylic acids is 6. The number of esters is 6. The summed E-state index contributed by atoms with van der Waals surface area (Å²) in [5.74, 6) is -0.843. The van der Waals surface area contributed by atoms with Crippen LogP contribution >= 0.6 is 7.82 Å². The summed E-state index contributed by atoms with van der Waals surface area (Å²) in [5, 5.41) is 0. The Balaban J connectivity index is -0.000000763. The fourth-order valence-electron chi connectivity index (χ4n) is 13.6. The molecule has 0 fully saturated rings. The number of unbranched alkanes of at least 4 members (excludes halogenated alkanes) is 60. The van der Waals surface area contributed by atoms with Crippen LogP contribution < -0.4 is 14.7 Å². The SMILES string of the molecule is CCCCCCCCCCCCCC(=O)OC[C@H]([CH2][Ca+])OC(=O)CCCCCCCCCCCCC.CCCCCCCCCCCCCC(=O)OC[C@H]([CH2][Ca+])OC(=O)CCCCCCCCCCCCC.CCCCCCCCCCCCCC(=O)OC[C@H]([CH2][Ca+])OC(=O)CCCCCCCCCCCCC.O=P([O-])([O-])[O-]. The van der Waals surface area contributed by atoms with Gasteiger partial charge in [-0.3, -0.25) is 0 Å². The average molecular weight is 1700 g/mol. The van der Waals surface area contributed by atoms with Crippen LogP contribution in [0.3, 0.4) is 0 Å². The molecule has 113 heavy (non-hydrogen) atoms. The minimum atomic E-state index is -5.39. The van der Waals surface area contributed by atoms with Crippen LogP contribution in [0, 0.1) is 0 Å². The Kier molecular flexibility index (Phi) is 108. The molecule has 0 bridgehead atoms. The van der Waals surface area contributed by atoms with Crippen LogP contribution in [-0.4, -0.2) is 181 Å². The van der Waals surface area contributed by atoms with E-state index in [1.54, 1.807) is 0 Å². The van der Waals surface area contributed by atoms with Gasteiger partial charge < -0.3 is 19.2 Å². The molecule has 0 aliphatic rings. The van der Waals surface area contributed by atoms with Gasteiger partial charge in [0.2, 0.25) is 0 Å². The van der Waals surface area contributed by atoms with Crippen molar-refractivity contribution in [3.63, 3.8) is 0 Å². The molecular weight excluding hydrogens is 1520 g/mol. The number of carbonyl (C=O) groups is 6. The summed E-state index contributed by atoms with van der Waals surface area (Å²) in [6.45, 7) is 14.2. The van der Waals surface area contributed by atoms with Gasteiger partial charge in [0.05, 0.1) is 0 Å². The minimum Gasteiger partial charge on any atom is -0.822 e. The molecule has 0 spiro atoms. The smallest absolute Gasteiger partial charge is 0.822 e. The molecule has 0 amide bonds. The van der Waals surface area contributed by atoms with E-state index in [-0.39, 0.29) is 73.9 Å². The third-order valence-electron chi connectivity index (χ3n) is 21.1. The Bertz CT molecular complexity index is 1820. The predicted molar refractivity (Wildman–Crippen MR) is 468 cm³/mol.